The fourth-order valence-electron chi connectivity index (χ4n) is 3.15. The molecule has 0 spiro atoms. The van der Waals surface area contributed by atoms with Crippen molar-refractivity contribution in [2.75, 3.05) is 30.8 Å². The molecule has 3 aromatic rings. The maximum atomic E-state index is 6.02. The summed E-state index contributed by atoms with van der Waals surface area (Å²) in [4.78, 5) is 6.85. The van der Waals surface area contributed by atoms with E-state index in [2.05, 4.69) is 35.6 Å². The summed E-state index contributed by atoms with van der Waals surface area (Å²) in [6.07, 6.45) is 1.06. The van der Waals surface area contributed by atoms with Gasteiger partial charge >= 0.3 is 0 Å². The first kappa shape index (κ1) is 14.8. The highest BCUT2D eigenvalue weighted by atomic mass is 15.3. The molecule has 3 heterocycles. The third-order valence-corrected chi connectivity index (χ3v) is 4.59. The van der Waals surface area contributed by atoms with Crippen LogP contribution in [0.25, 0.3) is 22.3 Å². The molecule has 0 saturated carbocycles. The lowest BCUT2D eigenvalue weighted by molar-refractivity contribution is 0.616. The molecule has 1 atom stereocenters. The molecular formula is C16H20N8. The van der Waals surface area contributed by atoms with Crippen LogP contribution in [0.3, 0.4) is 0 Å². The van der Waals surface area contributed by atoms with Gasteiger partial charge in [0.05, 0.1) is 5.52 Å². The van der Waals surface area contributed by atoms with Gasteiger partial charge in [0.25, 0.3) is 0 Å². The molecule has 4 N–H and O–H groups in total. The summed E-state index contributed by atoms with van der Waals surface area (Å²) >= 11 is 0. The van der Waals surface area contributed by atoms with Gasteiger partial charge in [0.1, 0.15) is 0 Å². The summed E-state index contributed by atoms with van der Waals surface area (Å²) in [5.74, 6) is 1.66. The van der Waals surface area contributed by atoms with Crippen LogP contribution in [-0.2, 0) is 0 Å². The molecule has 2 aromatic heterocycles. The van der Waals surface area contributed by atoms with Crippen LogP contribution >= 0.6 is 0 Å². The van der Waals surface area contributed by atoms with Crippen molar-refractivity contribution >= 4 is 22.5 Å². The maximum absolute atomic E-state index is 6.02. The number of H-pyrrole nitrogens is 1. The zero-order chi connectivity index (χ0) is 16.7. The van der Waals surface area contributed by atoms with Crippen molar-refractivity contribution in [3.63, 3.8) is 0 Å². The fraction of sp³-hybridized carbons (Fsp3) is 0.375. The van der Waals surface area contributed by atoms with Crippen molar-refractivity contribution in [1.82, 2.24) is 30.7 Å². The highest BCUT2D eigenvalue weighted by Gasteiger charge is 2.25. The second-order valence-corrected chi connectivity index (χ2v) is 6.15. The number of nitrogens with zero attached hydrogens (tertiary/aromatic N) is 5. The van der Waals surface area contributed by atoms with E-state index < -0.39 is 0 Å². The monoisotopic (exact) mass is 324 g/mol. The first-order chi connectivity index (χ1) is 11.7. The van der Waals surface area contributed by atoms with E-state index >= 15 is 0 Å². The quantitative estimate of drug-likeness (QED) is 0.662. The van der Waals surface area contributed by atoms with Gasteiger partial charge in [-0.1, -0.05) is 0 Å². The smallest absolute Gasteiger partial charge is 0.189 e. The van der Waals surface area contributed by atoms with Gasteiger partial charge in [-0.25, -0.2) is 4.98 Å². The van der Waals surface area contributed by atoms with E-state index in [1.54, 1.807) is 0 Å². The first-order valence-corrected chi connectivity index (χ1v) is 8.03. The molecule has 1 fully saturated rings. The summed E-state index contributed by atoms with van der Waals surface area (Å²) in [6, 6.07) is 6.40. The fourth-order valence-corrected chi connectivity index (χ4v) is 3.15. The maximum Gasteiger partial charge on any atom is 0.189 e. The second kappa shape index (κ2) is 5.72. The van der Waals surface area contributed by atoms with Crippen LogP contribution in [-0.4, -0.2) is 51.6 Å². The Morgan fingerprint density at radius 3 is 3.00 bits per heavy atom. The van der Waals surface area contributed by atoms with E-state index in [-0.39, 0.29) is 0 Å². The minimum absolute atomic E-state index is 0.371. The molecule has 0 aliphatic carbocycles. The Hall–Kier alpha value is -2.74. The SMILES string of the molecule is CNC1CCN(c2nc(-c3ccc4n[nH]c(C)c4c3)nnc2N)C1. The largest absolute Gasteiger partial charge is 0.379 e. The van der Waals surface area contributed by atoms with E-state index in [1.165, 1.54) is 0 Å². The summed E-state index contributed by atoms with van der Waals surface area (Å²) in [5, 5.41) is 19.9. The molecular weight excluding hydrogens is 304 g/mol. The van der Waals surface area contributed by atoms with Crippen LogP contribution in [0.5, 0.6) is 0 Å². The molecule has 4 rings (SSSR count). The van der Waals surface area contributed by atoms with E-state index in [4.69, 9.17) is 5.73 Å². The van der Waals surface area contributed by atoms with Crippen molar-refractivity contribution in [3.8, 4) is 11.4 Å². The van der Waals surface area contributed by atoms with E-state index in [1.807, 2.05) is 32.2 Å². The Kier molecular flexibility index (Phi) is 3.53. The summed E-state index contributed by atoms with van der Waals surface area (Å²) in [7, 11) is 1.98. The molecule has 1 unspecified atom stereocenters. The molecule has 24 heavy (non-hydrogen) atoms. The zero-order valence-electron chi connectivity index (χ0n) is 13.7. The van der Waals surface area contributed by atoms with Gasteiger partial charge in [0, 0.05) is 35.8 Å². The number of rotatable bonds is 3. The molecule has 8 nitrogen and oxygen atoms in total. The van der Waals surface area contributed by atoms with Crippen LogP contribution in [0, 0.1) is 6.92 Å². The Bertz CT molecular complexity index is 887. The van der Waals surface area contributed by atoms with Crippen LogP contribution in [0.2, 0.25) is 0 Å². The standard InChI is InChI=1S/C16H20N8/c1-9-12-7-10(3-4-13(12)21-20-9)15-19-16(14(17)22-23-15)24-6-5-11(8-24)18-2/h3-4,7,11,18H,5-6,8H2,1-2H3,(H2,17,22)(H,20,21). The van der Waals surface area contributed by atoms with Gasteiger partial charge < -0.3 is 16.0 Å². The van der Waals surface area contributed by atoms with E-state index in [0.717, 1.165) is 41.7 Å². The van der Waals surface area contributed by atoms with Crippen LogP contribution in [0.4, 0.5) is 11.6 Å². The van der Waals surface area contributed by atoms with Gasteiger partial charge in [0.15, 0.2) is 17.5 Å². The lowest BCUT2D eigenvalue weighted by Crippen LogP contribution is -2.30. The Morgan fingerprint density at radius 2 is 2.21 bits per heavy atom. The Balaban J connectivity index is 1.72. The molecule has 1 saturated heterocycles. The molecule has 1 aromatic carbocycles. The normalized spacial score (nSPS) is 17.8. The number of nitrogen functional groups attached to an aromatic ring is 1. The van der Waals surface area contributed by atoms with Crippen LogP contribution in [0.15, 0.2) is 18.2 Å². The predicted octanol–water partition coefficient (Wildman–Crippen LogP) is 1.10. The minimum atomic E-state index is 0.371. The Morgan fingerprint density at radius 1 is 1.33 bits per heavy atom. The average molecular weight is 324 g/mol. The number of anilines is 2. The number of benzene rings is 1. The van der Waals surface area contributed by atoms with E-state index in [0.29, 0.717) is 23.5 Å². The molecule has 124 valence electrons. The van der Waals surface area contributed by atoms with Crippen molar-refractivity contribution in [2.24, 2.45) is 0 Å². The number of hydrogen-bond donors (Lipinski definition) is 3. The highest BCUT2D eigenvalue weighted by molar-refractivity contribution is 5.85. The van der Waals surface area contributed by atoms with Gasteiger partial charge in [-0.15, -0.1) is 10.2 Å². The average Bonchev–Trinajstić information content (AvgIpc) is 3.22. The van der Waals surface area contributed by atoms with Crippen molar-refractivity contribution in [2.45, 2.75) is 19.4 Å². The number of likely N-dealkylation sites (N-methyl/N-ethyl adjacent to an activating group) is 1. The van der Waals surface area contributed by atoms with Gasteiger partial charge in [-0.2, -0.15) is 5.10 Å². The third-order valence-electron chi connectivity index (χ3n) is 4.59. The van der Waals surface area contributed by atoms with Gasteiger partial charge in [0.2, 0.25) is 0 Å². The number of aromatic amines is 1. The summed E-state index contributed by atoms with van der Waals surface area (Å²) < 4.78 is 0. The van der Waals surface area contributed by atoms with Crippen molar-refractivity contribution in [3.05, 3.63) is 23.9 Å². The molecule has 8 heteroatoms. The number of fused-ring (bicyclic) bond motifs is 1. The molecule has 1 aliphatic heterocycles. The molecule has 1 aliphatic rings. The topological polar surface area (TPSA) is 109 Å². The van der Waals surface area contributed by atoms with Crippen LogP contribution in [0.1, 0.15) is 12.1 Å². The predicted molar refractivity (Wildman–Crippen MR) is 93.7 cm³/mol. The molecule has 0 bridgehead atoms. The number of hydrogen-bond acceptors (Lipinski definition) is 7. The zero-order valence-corrected chi connectivity index (χ0v) is 13.7. The third kappa shape index (κ3) is 2.44. The number of aromatic nitrogens is 5. The first-order valence-electron chi connectivity index (χ1n) is 8.03. The number of aryl methyl sites for hydroxylation is 1. The summed E-state index contributed by atoms with van der Waals surface area (Å²) in [5.41, 5.74) is 8.87. The second-order valence-electron chi connectivity index (χ2n) is 6.15. The molecule has 0 amide bonds. The van der Waals surface area contributed by atoms with Gasteiger partial charge in [-0.3, -0.25) is 5.10 Å². The van der Waals surface area contributed by atoms with E-state index in [9.17, 15) is 0 Å². The van der Waals surface area contributed by atoms with Gasteiger partial charge in [-0.05, 0) is 38.6 Å². The van der Waals surface area contributed by atoms with Crippen molar-refractivity contribution in [1.29, 1.82) is 0 Å². The Labute approximate surface area is 139 Å². The minimum Gasteiger partial charge on any atom is -0.379 e. The number of nitrogens with one attached hydrogen (secondary N) is 2. The van der Waals surface area contributed by atoms with Crippen LogP contribution < -0.4 is 16.0 Å². The lowest BCUT2D eigenvalue weighted by atomic mass is 10.1. The lowest BCUT2D eigenvalue weighted by Gasteiger charge is -2.18. The molecule has 0 radical (unpaired) electrons. The number of nitrogens with two attached hydrogens (primary N) is 1. The van der Waals surface area contributed by atoms with Crippen molar-refractivity contribution < 1.29 is 0 Å². The summed E-state index contributed by atoms with van der Waals surface area (Å²) in [6.45, 7) is 3.78. The highest BCUT2D eigenvalue weighted by Crippen LogP contribution is 2.27.